The fourth-order valence-corrected chi connectivity index (χ4v) is 2.51. The van der Waals surface area contributed by atoms with Gasteiger partial charge in [-0.15, -0.1) is 0 Å². The second kappa shape index (κ2) is 7.74. The van der Waals surface area contributed by atoms with E-state index >= 15 is 0 Å². The van der Waals surface area contributed by atoms with Gasteiger partial charge in [0.05, 0.1) is 18.4 Å². The van der Waals surface area contributed by atoms with E-state index in [1.54, 1.807) is 30.3 Å². The zero-order valence-corrected chi connectivity index (χ0v) is 14.5. The van der Waals surface area contributed by atoms with E-state index in [2.05, 4.69) is 5.32 Å². The summed E-state index contributed by atoms with van der Waals surface area (Å²) in [4.78, 5) is 24.6. The second-order valence-electron chi connectivity index (χ2n) is 5.73. The number of hydrogen-bond acceptors (Lipinski definition) is 5. The number of amides is 1. The number of anilines is 1. The van der Waals surface area contributed by atoms with Crippen molar-refractivity contribution in [1.82, 2.24) is 0 Å². The summed E-state index contributed by atoms with van der Waals surface area (Å²) >= 11 is 0. The van der Waals surface area contributed by atoms with Crippen LogP contribution in [0.4, 0.5) is 5.69 Å². The highest BCUT2D eigenvalue weighted by Crippen LogP contribution is 2.26. The van der Waals surface area contributed by atoms with E-state index in [-0.39, 0.29) is 6.61 Å². The van der Waals surface area contributed by atoms with Gasteiger partial charge in [-0.25, -0.2) is 4.79 Å². The Kier molecular flexibility index (Phi) is 5.22. The van der Waals surface area contributed by atoms with Crippen LogP contribution in [-0.4, -0.2) is 31.7 Å². The first kappa shape index (κ1) is 17.5. The Hall–Kier alpha value is -3.28. The minimum Gasteiger partial charge on any atom is -0.495 e. The molecule has 1 aliphatic rings. The molecule has 1 atom stereocenters. The van der Waals surface area contributed by atoms with Crippen LogP contribution in [0.25, 0.3) is 6.08 Å². The van der Waals surface area contributed by atoms with Gasteiger partial charge in [-0.2, -0.15) is 0 Å². The summed E-state index contributed by atoms with van der Waals surface area (Å²) in [6, 6.07) is 14.4. The molecule has 1 amide bonds. The van der Waals surface area contributed by atoms with Gasteiger partial charge in [0.15, 0.2) is 6.10 Å². The third kappa shape index (κ3) is 3.85. The number of ether oxygens (including phenoxy) is 3. The van der Waals surface area contributed by atoms with Crippen LogP contribution in [0.2, 0.25) is 0 Å². The van der Waals surface area contributed by atoms with Crippen molar-refractivity contribution in [3.63, 3.8) is 0 Å². The Morgan fingerprint density at radius 3 is 2.65 bits per heavy atom. The number of carbonyl (C=O) groups is 2. The largest absolute Gasteiger partial charge is 0.495 e. The Bertz CT molecular complexity index is 859. The number of carbonyl (C=O) groups excluding carboxylic acids is 2. The summed E-state index contributed by atoms with van der Waals surface area (Å²) in [6.07, 6.45) is 0.747. The van der Waals surface area contributed by atoms with Gasteiger partial charge in [0.2, 0.25) is 0 Å². The highest BCUT2D eigenvalue weighted by atomic mass is 16.6. The zero-order chi connectivity index (χ0) is 18.5. The van der Waals surface area contributed by atoms with Crippen LogP contribution in [0, 0.1) is 0 Å². The molecule has 26 heavy (non-hydrogen) atoms. The number of benzene rings is 2. The minimum absolute atomic E-state index is 0.108. The van der Waals surface area contributed by atoms with E-state index in [0.717, 1.165) is 5.56 Å². The standard InChI is InChI=1S/C20H19NO5/c1-13(19(22)21-16-8-4-6-10-18(16)24-2)26-20(23)15-11-14-7-3-5-9-17(14)25-12-15/h3-11,13H,12H2,1-2H3,(H,21,22)/t13-/m0/s1. The molecule has 0 saturated carbocycles. The van der Waals surface area contributed by atoms with Gasteiger partial charge >= 0.3 is 5.97 Å². The Labute approximate surface area is 151 Å². The number of rotatable bonds is 5. The number of nitrogens with one attached hydrogen (secondary N) is 1. The Morgan fingerprint density at radius 1 is 1.12 bits per heavy atom. The van der Waals surface area contributed by atoms with Gasteiger partial charge in [-0.3, -0.25) is 4.79 Å². The molecule has 6 nitrogen and oxygen atoms in total. The van der Waals surface area contributed by atoms with Crippen LogP contribution >= 0.6 is 0 Å². The predicted octanol–water partition coefficient (Wildman–Crippen LogP) is 3.04. The quantitative estimate of drug-likeness (QED) is 0.837. The van der Waals surface area contributed by atoms with E-state index in [1.165, 1.54) is 14.0 Å². The third-order valence-corrected chi connectivity index (χ3v) is 3.91. The van der Waals surface area contributed by atoms with E-state index < -0.39 is 18.0 Å². The molecule has 0 unspecified atom stereocenters. The lowest BCUT2D eigenvalue weighted by atomic mass is 10.1. The van der Waals surface area contributed by atoms with Crippen LogP contribution in [0.15, 0.2) is 54.1 Å². The summed E-state index contributed by atoms with van der Waals surface area (Å²) in [6.45, 7) is 1.62. The van der Waals surface area contributed by atoms with Crippen molar-refractivity contribution in [3.8, 4) is 11.5 Å². The molecule has 0 aliphatic carbocycles. The van der Waals surface area contributed by atoms with Gasteiger partial charge in [0.1, 0.15) is 18.1 Å². The number of methoxy groups -OCH3 is 1. The van der Waals surface area contributed by atoms with Crippen LogP contribution in [0.1, 0.15) is 12.5 Å². The molecule has 134 valence electrons. The van der Waals surface area contributed by atoms with E-state index in [0.29, 0.717) is 22.8 Å². The first-order valence-electron chi connectivity index (χ1n) is 8.15. The molecule has 2 aromatic rings. The molecule has 0 radical (unpaired) electrons. The topological polar surface area (TPSA) is 73.9 Å². The van der Waals surface area contributed by atoms with Crippen molar-refractivity contribution in [2.24, 2.45) is 0 Å². The monoisotopic (exact) mass is 353 g/mol. The van der Waals surface area contributed by atoms with Gasteiger partial charge in [0, 0.05) is 5.56 Å². The molecule has 2 aromatic carbocycles. The third-order valence-electron chi connectivity index (χ3n) is 3.91. The van der Waals surface area contributed by atoms with Gasteiger partial charge in [-0.05, 0) is 31.2 Å². The van der Waals surface area contributed by atoms with E-state index in [1.807, 2.05) is 24.3 Å². The lowest BCUT2D eigenvalue weighted by Crippen LogP contribution is -2.31. The highest BCUT2D eigenvalue weighted by molar-refractivity contribution is 6.00. The minimum atomic E-state index is -0.967. The molecular formula is C20H19NO5. The molecule has 0 spiro atoms. The maximum atomic E-state index is 12.3. The first-order valence-corrected chi connectivity index (χ1v) is 8.15. The molecule has 0 fully saturated rings. The smallest absolute Gasteiger partial charge is 0.338 e. The number of esters is 1. The maximum absolute atomic E-state index is 12.3. The fraction of sp³-hybridized carbons (Fsp3) is 0.200. The van der Waals surface area contributed by atoms with Crippen molar-refractivity contribution in [1.29, 1.82) is 0 Å². The van der Waals surface area contributed by atoms with Gasteiger partial charge < -0.3 is 19.5 Å². The van der Waals surface area contributed by atoms with Gasteiger partial charge in [-0.1, -0.05) is 30.3 Å². The molecular weight excluding hydrogens is 334 g/mol. The molecule has 1 aliphatic heterocycles. The maximum Gasteiger partial charge on any atom is 0.338 e. The summed E-state index contributed by atoms with van der Waals surface area (Å²) < 4.78 is 16.0. The lowest BCUT2D eigenvalue weighted by Gasteiger charge is -2.19. The Morgan fingerprint density at radius 2 is 1.85 bits per heavy atom. The van der Waals surface area contributed by atoms with Crippen LogP contribution in [-0.2, 0) is 14.3 Å². The summed E-state index contributed by atoms with van der Waals surface area (Å²) in [5.74, 6) is 0.216. The lowest BCUT2D eigenvalue weighted by molar-refractivity contribution is -0.149. The van der Waals surface area contributed by atoms with E-state index in [4.69, 9.17) is 14.2 Å². The summed E-state index contributed by atoms with van der Waals surface area (Å²) in [7, 11) is 1.52. The number of hydrogen-bond donors (Lipinski definition) is 1. The molecule has 1 heterocycles. The molecule has 0 bridgehead atoms. The van der Waals surface area contributed by atoms with Crippen molar-refractivity contribution in [2.45, 2.75) is 13.0 Å². The molecule has 0 aromatic heterocycles. The average molecular weight is 353 g/mol. The van der Waals surface area contributed by atoms with Crippen molar-refractivity contribution < 1.29 is 23.8 Å². The summed E-state index contributed by atoms with van der Waals surface area (Å²) in [5, 5.41) is 2.69. The van der Waals surface area contributed by atoms with Crippen LogP contribution in [0.5, 0.6) is 11.5 Å². The molecule has 6 heteroatoms. The average Bonchev–Trinajstić information content (AvgIpc) is 2.67. The SMILES string of the molecule is COc1ccccc1NC(=O)[C@H](C)OC(=O)C1=Cc2ccccc2OC1. The van der Waals surface area contributed by atoms with Crippen LogP contribution in [0.3, 0.4) is 0 Å². The van der Waals surface area contributed by atoms with Crippen molar-refractivity contribution >= 4 is 23.6 Å². The Balaban J connectivity index is 1.64. The number of para-hydroxylation sites is 3. The van der Waals surface area contributed by atoms with E-state index in [9.17, 15) is 9.59 Å². The van der Waals surface area contributed by atoms with Crippen molar-refractivity contribution in [2.75, 3.05) is 19.0 Å². The molecule has 0 saturated heterocycles. The normalized spacial score (nSPS) is 13.5. The molecule has 3 rings (SSSR count). The predicted molar refractivity (Wildman–Crippen MR) is 97.1 cm³/mol. The zero-order valence-electron chi connectivity index (χ0n) is 14.5. The van der Waals surface area contributed by atoms with Gasteiger partial charge in [0.25, 0.3) is 5.91 Å². The highest BCUT2D eigenvalue weighted by Gasteiger charge is 2.23. The second-order valence-corrected chi connectivity index (χ2v) is 5.73. The fourth-order valence-electron chi connectivity index (χ4n) is 2.51. The summed E-state index contributed by atoms with van der Waals surface area (Å²) in [5.41, 5.74) is 1.68. The molecule has 1 N–H and O–H groups in total. The van der Waals surface area contributed by atoms with Crippen molar-refractivity contribution in [3.05, 3.63) is 59.7 Å². The van der Waals surface area contributed by atoms with Crippen LogP contribution < -0.4 is 14.8 Å². The first-order chi connectivity index (χ1) is 12.6. The number of fused-ring (bicyclic) bond motifs is 1.